The van der Waals surface area contributed by atoms with Gasteiger partial charge in [0.15, 0.2) is 5.78 Å². The van der Waals surface area contributed by atoms with E-state index in [9.17, 15) is 9.59 Å². The Morgan fingerprint density at radius 2 is 1.68 bits per heavy atom. The number of rotatable bonds is 5. The molecule has 0 radical (unpaired) electrons. The molecule has 2 saturated carbocycles. The molecule has 2 bridgehead atoms. The monoisotopic (exact) mass is 408 g/mol. The Kier molecular flexibility index (Phi) is 6.67. The van der Waals surface area contributed by atoms with Crippen molar-refractivity contribution < 1.29 is 9.59 Å². The molecule has 2 aliphatic carbocycles. The van der Waals surface area contributed by atoms with Crippen LogP contribution in [0, 0.1) is 23.7 Å². The molecule has 0 aromatic heterocycles. The van der Waals surface area contributed by atoms with E-state index in [0.29, 0.717) is 29.3 Å². The number of carbonyl (C=O) groups excluding carboxylic acids is 2. The normalized spacial score (nSPS) is 39.6. The molecular weight excluding hydrogens is 372 g/mol. The number of nitrogens with zero attached hydrogens (tertiary/aromatic N) is 1. The van der Waals surface area contributed by atoms with Crippen molar-refractivity contribution >= 4 is 23.3 Å². The highest BCUT2D eigenvalue weighted by Crippen LogP contribution is 2.48. The van der Waals surface area contributed by atoms with Gasteiger partial charge in [-0.1, -0.05) is 19.3 Å². The lowest BCUT2D eigenvalue weighted by atomic mass is 9.68. The van der Waals surface area contributed by atoms with Crippen LogP contribution in [0.4, 0.5) is 0 Å². The van der Waals surface area contributed by atoms with Gasteiger partial charge in [0.1, 0.15) is 0 Å². The largest absolute Gasteiger partial charge is 0.349 e. The first-order valence-corrected chi connectivity index (χ1v) is 12.1. The molecule has 4 nitrogen and oxygen atoms in total. The Morgan fingerprint density at radius 3 is 2.39 bits per heavy atom. The lowest BCUT2D eigenvalue weighted by Crippen LogP contribution is -2.55. The lowest BCUT2D eigenvalue weighted by molar-refractivity contribution is -0.135. The van der Waals surface area contributed by atoms with Crippen LogP contribution in [0.25, 0.3) is 0 Å². The number of ketones is 1. The van der Waals surface area contributed by atoms with Gasteiger partial charge in [0, 0.05) is 23.4 Å². The molecule has 4 atom stereocenters. The van der Waals surface area contributed by atoms with Crippen LogP contribution in [-0.2, 0) is 9.59 Å². The number of nitrogens with one attached hydrogen (secondary N) is 1. The van der Waals surface area contributed by atoms with Crippen LogP contribution in [0.3, 0.4) is 0 Å². The average Bonchev–Trinajstić information content (AvgIpc) is 2.95. The molecular formula is C23H37ClN2O2. The number of amides is 1. The van der Waals surface area contributed by atoms with Gasteiger partial charge in [0.25, 0.3) is 0 Å². The van der Waals surface area contributed by atoms with Crippen molar-refractivity contribution in [3.8, 4) is 0 Å². The number of hydrogen-bond donors (Lipinski definition) is 1. The van der Waals surface area contributed by atoms with Gasteiger partial charge in [-0.25, -0.2) is 0 Å². The summed E-state index contributed by atoms with van der Waals surface area (Å²) in [6.07, 6.45) is 13.6. The molecule has 1 amide bonds. The Bertz CT molecular complexity index is 569. The molecule has 0 aromatic rings. The maximum Gasteiger partial charge on any atom is 0.225 e. The Hall–Kier alpha value is -0.610. The van der Waals surface area contributed by atoms with E-state index < -0.39 is 0 Å². The molecule has 4 aliphatic rings. The lowest BCUT2D eigenvalue weighted by Gasteiger charge is -2.46. The fraction of sp³-hybridized carbons (Fsp3) is 0.913. The molecule has 0 spiro atoms. The predicted octanol–water partition coefficient (Wildman–Crippen LogP) is 4.15. The predicted molar refractivity (Wildman–Crippen MR) is 112 cm³/mol. The zero-order chi connectivity index (χ0) is 19.7. The molecule has 28 heavy (non-hydrogen) atoms. The van der Waals surface area contributed by atoms with Crippen molar-refractivity contribution in [2.75, 3.05) is 13.6 Å². The summed E-state index contributed by atoms with van der Waals surface area (Å²) >= 11 is 6.35. The number of fused-ring (bicyclic) bond motifs is 2. The summed E-state index contributed by atoms with van der Waals surface area (Å²) in [5.41, 5.74) is 0. The van der Waals surface area contributed by atoms with Crippen molar-refractivity contribution in [1.82, 2.24) is 10.2 Å². The quantitative estimate of drug-likeness (QED) is 0.695. The molecule has 2 heterocycles. The van der Waals surface area contributed by atoms with Crippen molar-refractivity contribution in [3.63, 3.8) is 0 Å². The first-order valence-electron chi connectivity index (χ1n) is 11.7. The molecule has 2 unspecified atom stereocenters. The first-order chi connectivity index (χ1) is 13.5. The third-order valence-electron chi connectivity index (χ3n) is 8.42. The zero-order valence-electron chi connectivity index (χ0n) is 17.4. The Balaban J connectivity index is 1.41. The fourth-order valence-corrected chi connectivity index (χ4v) is 6.98. The van der Waals surface area contributed by atoms with E-state index in [1.807, 2.05) is 0 Å². The van der Waals surface area contributed by atoms with E-state index in [0.717, 1.165) is 64.2 Å². The highest BCUT2D eigenvalue weighted by Gasteiger charge is 2.50. The van der Waals surface area contributed by atoms with E-state index in [1.54, 1.807) is 0 Å². The van der Waals surface area contributed by atoms with Gasteiger partial charge >= 0.3 is 0 Å². The molecule has 5 heteroatoms. The molecule has 4 fully saturated rings. The number of carbonyl (C=O) groups is 2. The van der Waals surface area contributed by atoms with Gasteiger partial charge in [-0.15, -0.1) is 11.6 Å². The van der Waals surface area contributed by atoms with Gasteiger partial charge in [-0.3, -0.25) is 14.5 Å². The maximum absolute atomic E-state index is 13.3. The minimum atomic E-state index is 0.0415. The van der Waals surface area contributed by atoms with E-state index in [4.69, 9.17) is 11.6 Å². The van der Waals surface area contributed by atoms with Crippen molar-refractivity contribution in [2.45, 2.75) is 94.5 Å². The van der Waals surface area contributed by atoms with Crippen molar-refractivity contribution in [1.29, 1.82) is 0 Å². The van der Waals surface area contributed by atoms with Gasteiger partial charge in [0.05, 0.1) is 12.5 Å². The number of piperidine rings is 1. The summed E-state index contributed by atoms with van der Waals surface area (Å²) in [4.78, 5) is 28.4. The average molecular weight is 409 g/mol. The molecule has 0 aromatic carbocycles. The number of Topliss-reactive ketones (excluding diaryl/α,β-unsaturated/α-hetero) is 1. The van der Waals surface area contributed by atoms with E-state index in [2.05, 4.69) is 17.3 Å². The molecule has 2 saturated heterocycles. The number of halogens is 1. The van der Waals surface area contributed by atoms with Gasteiger partial charge < -0.3 is 5.32 Å². The minimum absolute atomic E-state index is 0.0415. The number of alkyl halides is 1. The second-order valence-corrected chi connectivity index (χ2v) is 10.5. The van der Waals surface area contributed by atoms with Gasteiger partial charge in [-0.05, 0) is 76.7 Å². The molecule has 2 aliphatic heterocycles. The summed E-state index contributed by atoms with van der Waals surface area (Å²) in [6.45, 7) is 0.237. The summed E-state index contributed by atoms with van der Waals surface area (Å²) in [6, 6.07) is 0.985. The van der Waals surface area contributed by atoms with E-state index in [1.165, 1.54) is 12.8 Å². The van der Waals surface area contributed by atoms with Gasteiger partial charge in [0.2, 0.25) is 5.91 Å². The van der Waals surface area contributed by atoms with Crippen molar-refractivity contribution in [2.24, 2.45) is 23.7 Å². The highest BCUT2D eigenvalue weighted by atomic mass is 35.5. The van der Waals surface area contributed by atoms with E-state index in [-0.39, 0.29) is 30.1 Å². The number of hydrogen-bond acceptors (Lipinski definition) is 3. The maximum atomic E-state index is 13.3. The Morgan fingerprint density at radius 1 is 0.964 bits per heavy atom. The van der Waals surface area contributed by atoms with Crippen LogP contribution >= 0.6 is 11.6 Å². The first kappa shape index (κ1) is 20.7. The summed E-state index contributed by atoms with van der Waals surface area (Å²) < 4.78 is 0. The molecule has 1 N–H and O–H groups in total. The van der Waals surface area contributed by atoms with Crippen molar-refractivity contribution in [3.05, 3.63) is 0 Å². The second kappa shape index (κ2) is 9.04. The topological polar surface area (TPSA) is 49.4 Å². The summed E-state index contributed by atoms with van der Waals surface area (Å²) in [5.74, 6) is 1.69. The van der Waals surface area contributed by atoms with Crippen LogP contribution in [0.5, 0.6) is 0 Å². The molecule has 158 valence electrons. The van der Waals surface area contributed by atoms with Gasteiger partial charge in [-0.2, -0.15) is 0 Å². The smallest absolute Gasteiger partial charge is 0.225 e. The highest BCUT2D eigenvalue weighted by molar-refractivity contribution is 6.20. The third-order valence-corrected chi connectivity index (χ3v) is 8.86. The van der Waals surface area contributed by atoms with Crippen LogP contribution in [-0.4, -0.2) is 47.6 Å². The third kappa shape index (κ3) is 4.28. The standard InChI is InChI=1S/C23H37ClN2O2/c1-26-18-11-12-20(26)22(19(13-18)15-7-9-17(24)10-8-15)23(28)25-14-21(27)16-5-3-2-4-6-16/h15-20,22H,2-14H2,1H3,(H,25,28)/t15?,17?,18-,19-,20?,22?/m1/s1. The Labute approximate surface area is 175 Å². The minimum Gasteiger partial charge on any atom is -0.349 e. The van der Waals surface area contributed by atoms with Crippen LogP contribution in [0.2, 0.25) is 0 Å². The molecule has 4 rings (SSSR count). The summed E-state index contributed by atoms with van der Waals surface area (Å²) in [5, 5.41) is 3.41. The van der Waals surface area contributed by atoms with Crippen LogP contribution in [0.1, 0.15) is 77.0 Å². The SMILES string of the molecule is CN1C2CC[C@@H]1C[C@H](C1CCC(Cl)CC1)C2C(=O)NCC(=O)C1CCCCC1. The fourth-order valence-electron chi connectivity index (χ4n) is 6.73. The van der Waals surface area contributed by atoms with E-state index >= 15 is 0 Å². The van der Waals surface area contributed by atoms with Crippen LogP contribution < -0.4 is 5.32 Å². The summed E-state index contributed by atoms with van der Waals surface area (Å²) in [7, 11) is 2.20. The zero-order valence-corrected chi connectivity index (χ0v) is 18.1. The second-order valence-electron chi connectivity index (χ2n) is 9.92. The van der Waals surface area contributed by atoms with Crippen LogP contribution in [0.15, 0.2) is 0 Å².